The molecule has 0 radical (unpaired) electrons. The van der Waals surface area contributed by atoms with Gasteiger partial charge in [-0.1, -0.05) is 200 Å². The van der Waals surface area contributed by atoms with Crippen LogP contribution in [0.25, 0.3) is 78.4 Å². The van der Waals surface area contributed by atoms with Gasteiger partial charge in [-0.05, 0) is 112 Å². The predicted molar refractivity (Wildman–Crippen MR) is 283 cm³/mol. The molecule has 13 rings (SSSR count). The number of nitrogens with zero attached hydrogens (tertiary/aromatic N) is 3. The van der Waals surface area contributed by atoms with Crippen LogP contribution >= 0.6 is 0 Å². The van der Waals surface area contributed by atoms with Gasteiger partial charge >= 0.3 is 0 Å². The van der Waals surface area contributed by atoms with Crippen LogP contribution < -0.4 is 0 Å². The van der Waals surface area contributed by atoms with E-state index in [2.05, 4.69) is 210 Å². The third-order valence-electron chi connectivity index (χ3n) is 15.2. The minimum absolute atomic E-state index is 0.548. The Morgan fingerprint density at radius 3 is 1.45 bits per heavy atom. The lowest BCUT2D eigenvalue weighted by Crippen LogP contribution is -2.44. The van der Waals surface area contributed by atoms with E-state index in [1.54, 1.807) is 0 Å². The highest BCUT2D eigenvalue weighted by molar-refractivity contribution is 6.09. The van der Waals surface area contributed by atoms with Crippen molar-refractivity contribution in [3.05, 3.63) is 268 Å². The topological polar surface area (TPSA) is 51.8 Å². The molecule has 0 saturated heterocycles. The lowest BCUT2D eigenvalue weighted by atomic mass is 9.52. The van der Waals surface area contributed by atoms with Gasteiger partial charge in [0.15, 0.2) is 17.5 Å². The molecular weight excluding hydrogens is 839 g/mol. The molecule has 0 bridgehead atoms. The Labute approximate surface area is 402 Å². The smallest absolute Gasteiger partial charge is 0.164 e. The van der Waals surface area contributed by atoms with E-state index < -0.39 is 10.8 Å². The summed E-state index contributed by atoms with van der Waals surface area (Å²) in [5.74, 6) is 1.85. The number of para-hydroxylation sites is 2. The SMILES string of the molecule is C/C=C\C1=C(C)C2(c3ccccc31)c1ccccc1C1(C(C)=C(/C=C\C)c3ccccc31)c1cc(-c3nc(-c4ccccc4)nc(-c4ccc(-c5cccc6c5oc5ccccc56)cc4)n3)ccc12. The molecule has 3 aliphatic carbocycles. The minimum atomic E-state index is -0.603. The fraction of sp³-hybridized carbons (Fsp3) is 0.0923. The van der Waals surface area contributed by atoms with Crippen molar-refractivity contribution in [3.8, 4) is 45.3 Å². The summed E-state index contributed by atoms with van der Waals surface area (Å²) in [4.78, 5) is 15.9. The summed E-state index contributed by atoms with van der Waals surface area (Å²) in [5.41, 5.74) is 20.9. The number of aromatic nitrogens is 3. The van der Waals surface area contributed by atoms with Crippen LogP contribution in [0.2, 0.25) is 0 Å². The Hall–Kier alpha value is -8.47. The average molecular weight is 886 g/mol. The number of allylic oxidation sites excluding steroid dienone is 8. The molecule has 10 aromatic rings. The second-order valence-electron chi connectivity index (χ2n) is 18.5. The van der Waals surface area contributed by atoms with Gasteiger partial charge in [-0.3, -0.25) is 0 Å². The van der Waals surface area contributed by atoms with Gasteiger partial charge in [-0.15, -0.1) is 0 Å². The molecule has 2 spiro atoms. The van der Waals surface area contributed by atoms with Gasteiger partial charge in [0, 0.05) is 33.0 Å². The zero-order valence-corrected chi connectivity index (χ0v) is 39.0. The molecule has 328 valence electrons. The molecule has 0 N–H and O–H groups in total. The van der Waals surface area contributed by atoms with Crippen molar-refractivity contribution in [1.82, 2.24) is 15.0 Å². The maximum absolute atomic E-state index is 6.45. The Morgan fingerprint density at radius 2 is 0.826 bits per heavy atom. The van der Waals surface area contributed by atoms with Gasteiger partial charge in [-0.2, -0.15) is 0 Å². The lowest BCUT2D eigenvalue weighted by Gasteiger charge is -2.49. The van der Waals surface area contributed by atoms with Crippen LogP contribution in [0.15, 0.2) is 228 Å². The van der Waals surface area contributed by atoms with E-state index in [9.17, 15) is 0 Å². The highest BCUT2D eigenvalue weighted by atomic mass is 16.3. The summed E-state index contributed by atoms with van der Waals surface area (Å²) in [6, 6.07) is 67.7. The summed E-state index contributed by atoms with van der Waals surface area (Å²) >= 11 is 0. The number of benzene rings is 8. The van der Waals surface area contributed by atoms with E-state index in [-0.39, 0.29) is 0 Å². The molecule has 69 heavy (non-hydrogen) atoms. The molecule has 0 fully saturated rings. The van der Waals surface area contributed by atoms with Crippen molar-refractivity contribution in [2.24, 2.45) is 0 Å². The maximum Gasteiger partial charge on any atom is 0.164 e. The van der Waals surface area contributed by atoms with Crippen molar-refractivity contribution in [2.75, 3.05) is 0 Å². The largest absolute Gasteiger partial charge is 0.455 e. The fourth-order valence-electron chi connectivity index (χ4n) is 12.3. The molecule has 0 saturated carbocycles. The molecule has 2 atom stereocenters. The Balaban J connectivity index is 1.06. The normalized spacial score (nSPS) is 18.0. The van der Waals surface area contributed by atoms with Crippen LogP contribution in [0.4, 0.5) is 0 Å². The quantitative estimate of drug-likeness (QED) is 0.167. The van der Waals surface area contributed by atoms with Gasteiger partial charge in [0.05, 0.1) is 10.8 Å². The van der Waals surface area contributed by atoms with E-state index in [1.807, 2.05) is 30.3 Å². The first-order valence-electron chi connectivity index (χ1n) is 23.9. The van der Waals surface area contributed by atoms with Crippen molar-refractivity contribution in [1.29, 1.82) is 0 Å². The van der Waals surface area contributed by atoms with Gasteiger partial charge in [0.25, 0.3) is 0 Å². The summed E-state index contributed by atoms with van der Waals surface area (Å²) in [6.45, 7) is 8.94. The molecule has 2 heterocycles. The highest BCUT2D eigenvalue weighted by Crippen LogP contribution is 2.66. The fourth-order valence-corrected chi connectivity index (χ4v) is 12.3. The molecule has 2 aromatic heterocycles. The Bertz CT molecular complexity index is 3890. The molecular formula is C65H47N3O. The second-order valence-corrected chi connectivity index (χ2v) is 18.5. The van der Waals surface area contributed by atoms with E-state index in [0.29, 0.717) is 17.5 Å². The predicted octanol–water partition coefficient (Wildman–Crippen LogP) is 16.1. The van der Waals surface area contributed by atoms with E-state index in [0.717, 1.165) is 49.8 Å². The third kappa shape index (κ3) is 5.66. The van der Waals surface area contributed by atoms with Crippen LogP contribution in [0.5, 0.6) is 0 Å². The van der Waals surface area contributed by atoms with Gasteiger partial charge in [-0.25, -0.2) is 15.0 Å². The standard InChI is InChI=1S/C65H47N3O/c1-5-19-46-40(3)64(53-28-13-10-23-49(46)53)55-30-15-16-31-56(55)65(41(4)47(20-6-2)50-24-11-14-29-54(50)65)58-39-45(37-38-57(58)64)63-67-61(43-21-8-7-9-22-43)66-62(68-63)44-35-33-42(34-36-44)48-26-18-27-52-51-25-12-17-32-59(51)69-60(48)52/h5-39H,1-4H3/b19-5-,20-6-. The van der Waals surface area contributed by atoms with Crippen LogP contribution in [-0.2, 0) is 10.8 Å². The first kappa shape index (κ1) is 40.8. The first-order chi connectivity index (χ1) is 34.0. The summed E-state index contributed by atoms with van der Waals surface area (Å²) < 4.78 is 6.45. The molecule has 0 amide bonds. The van der Waals surface area contributed by atoms with Gasteiger partial charge < -0.3 is 4.42 Å². The first-order valence-corrected chi connectivity index (χ1v) is 23.9. The average Bonchev–Trinajstić information content (AvgIpc) is 3.99. The van der Waals surface area contributed by atoms with Gasteiger partial charge in [0.1, 0.15) is 11.2 Å². The van der Waals surface area contributed by atoms with Crippen LogP contribution in [0.3, 0.4) is 0 Å². The van der Waals surface area contributed by atoms with Gasteiger partial charge in [0.2, 0.25) is 0 Å². The number of rotatable bonds is 6. The van der Waals surface area contributed by atoms with E-state index >= 15 is 0 Å². The van der Waals surface area contributed by atoms with E-state index in [1.165, 1.54) is 66.8 Å². The molecule has 2 unspecified atom stereocenters. The summed E-state index contributed by atoms with van der Waals surface area (Å²) in [5, 5.41) is 2.22. The number of fused-ring (bicyclic) bond motifs is 13. The molecule has 8 aromatic carbocycles. The Kier molecular flexibility index (Phi) is 9.19. The van der Waals surface area contributed by atoms with Crippen LogP contribution in [0, 0.1) is 0 Å². The minimum Gasteiger partial charge on any atom is -0.455 e. The van der Waals surface area contributed by atoms with Crippen LogP contribution in [-0.4, -0.2) is 15.0 Å². The summed E-state index contributed by atoms with van der Waals surface area (Å²) in [6.07, 6.45) is 8.95. The second kappa shape index (κ2) is 15.5. The zero-order chi connectivity index (χ0) is 46.4. The third-order valence-corrected chi connectivity index (χ3v) is 15.2. The number of hydrogen-bond acceptors (Lipinski definition) is 4. The Morgan fingerprint density at radius 1 is 0.377 bits per heavy atom. The summed E-state index contributed by atoms with van der Waals surface area (Å²) in [7, 11) is 0. The molecule has 3 aliphatic rings. The van der Waals surface area contributed by atoms with Crippen molar-refractivity contribution < 1.29 is 4.42 Å². The lowest BCUT2D eigenvalue weighted by molar-refractivity contribution is 0.614. The van der Waals surface area contributed by atoms with Crippen molar-refractivity contribution in [2.45, 2.75) is 38.5 Å². The van der Waals surface area contributed by atoms with Crippen molar-refractivity contribution >= 4 is 33.1 Å². The number of hydrogen-bond donors (Lipinski definition) is 0. The molecule has 4 heteroatoms. The zero-order valence-electron chi connectivity index (χ0n) is 39.0. The number of furan rings is 1. The molecule has 4 nitrogen and oxygen atoms in total. The van der Waals surface area contributed by atoms with Crippen LogP contribution in [0.1, 0.15) is 72.2 Å². The van der Waals surface area contributed by atoms with Crippen molar-refractivity contribution in [3.63, 3.8) is 0 Å². The highest BCUT2D eigenvalue weighted by Gasteiger charge is 2.58. The maximum atomic E-state index is 6.45. The van der Waals surface area contributed by atoms with E-state index in [4.69, 9.17) is 19.4 Å². The monoisotopic (exact) mass is 885 g/mol. The molecule has 0 aliphatic heterocycles.